The largest absolute Gasteiger partial charge is 0.574 e. The van der Waals surface area contributed by atoms with Crippen LogP contribution in [-0.2, 0) is 0 Å². The summed E-state index contributed by atoms with van der Waals surface area (Å²) in [5, 5.41) is 0. The van der Waals surface area contributed by atoms with E-state index in [0.29, 0.717) is 0 Å². The van der Waals surface area contributed by atoms with Crippen LogP contribution in [0.2, 0.25) is 0 Å². The zero-order valence-electron chi connectivity index (χ0n) is 5.90. The first-order valence-corrected chi connectivity index (χ1v) is 4.04. The summed E-state index contributed by atoms with van der Waals surface area (Å²) in [5.41, 5.74) is 0. The molecule has 1 aromatic rings. The monoisotopic (exact) mass is 307 g/mol. The van der Waals surface area contributed by atoms with Crippen LogP contribution < -0.4 is 4.74 Å². The fraction of sp³-hybridized carbons (Fsp3) is 0.167. The van der Waals surface area contributed by atoms with Crippen LogP contribution in [0.15, 0.2) is 12.1 Å². The van der Waals surface area contributed by atoms with Crippen LogP contribution in [-0.4, -0.2) is 11.3 Å². The van der Waals surface area contributed by atoms with Gasteiger partial charge in [-0.05, 0) is 28.7 Å². The third-order valence-electron chi connectivity index (χ3n) is 0.998. The minimum atomic E-state index is -4.80. The van der Waals surface area contributed by atoms with Crippen molar-refractivity contribution in [2.75, 3.05) is 0 Å². The first-order valence-electron chi connectivity index (χ1n) is 2.96. The highest BCUT2D eigenvalue weighted by Crippen LogP contribution is 2.22. The number of aromatic nitrogens is 1. The van der Waals surface area contributed by atoms with Crippen LogP contribution in [0, 0.1) is 9.52 Å². The van der Waals surface area contributed by atoms with Crippen molar-refractivity contribution in [3.05, 3.63) is 21.7 Å². The van der Waals surface area contributed by atoms with Crippen LogP contribution in [0.3, 0.4) is 0 Å². The van der Waals surface area contributed by atoms with Gasteiger partial charge in [0.25, 0.3) is 0 Å². The highest BCUT2D eigenvalue weighted by atomic mass is 127. The predicted octanol–water partition coefficient (Wildman–Crippen LogP) is 2.72. The molecule has 0 unspecified atom stereocenters. The number of hydrogen-bond donors (Lipinski definition) is 0. The Bertz CT molecular complexity index is 314. The summed E-state index contributed by atoms with van der Waals surface area (Å²) in [7, 11) is 0. The molecule has 1 aromatic heterocycles. The molecule has 0 atom stereocenters. The van der Waals surface area contributed by atoms with Crippen molar-refractivity contribution in [2.24, 2.45) is 0 Å². The van der Waals surface area contributed by atoms with Gasteiger partial charge in [-0.15, -0.1) is 13.2 Å². The van der Waals surface area contributed by atoms with Gasteiger partial charge in [0.15, 0.2) is 5.82 Å². The molecule has 72 valence electrons. The lowest BCUT2D eigenvalue weighted by molar-refractivity contribution is -0.276. The minimum absolute atomic E-state index is 0.167. The zero-order valence-corrected chi connectivity index (χ0v) is 8.06. The molecule has 0 aromatic carbocycles. The number of hydrogen-bond acceptors (Lipinski definition) is 2. The topological polar surface area (TPSA) is 22.1 Å². The van der Waals surface area contributed by atoms with Crippen LogP contribution >= 0.6 is 22.6 Å². The molecule has 0 bridgehead atoms. The molecular weight excluding hydrogens is 305 g/mol. The lowest BCUT2D eigenvalue weighted by Gasteiger charge is -2.07. The highest BCUT2D eigenvalue weighted by molar-refractivity contribution is 14.1. The first-order chi connectivity index (χ1) is 5.88. The minimum Gasteiger partial charge on any atom is -0.388 e. The summed E-state index contributed by atoms with van der Waals surface area (Å²) in [6, 6.07) is 1.67. The van der Waals surface area contributed by atoms with Gasteiger partial charge in [0.2, 0.25) is 5.88 Å². The Kier molecular flexibility index (Phi) is 2.94. The molecule has 0 radical (unpaired) electrons. The standard InChI is InChI=1S/C6H2F4INO/c7-3-1-2-4(12-5(3)11)13-6(8,9)10/h1-2H. The molecule has 0 saturated carbocycles. The molecule has 0 amide bonds. The number of ether oxygens (including phenoxy) is 1. The first kappa shape index (κ1) is 10.5. The molecule has 0 saturated heterocycles. The maximum Gasteiger partial charge on any atom is 0.574 e. The number of rotatable bonds is 1. The molecule has 0 N–H and O–H groups in total. The summed E-state index contributed by atoms with van der Waals surface area (Å²) < 4.78 is 50.7. The average Bonchev–Trinajstić information content (AvgIpc) is 1.94. The van der Waals surface area contributed by atoms with Crippen molar-refractivity contribution in [3.8, 4) is 5.88 Å². The molecule has 0 fully saturated rings. The Morgan fingerprint density at radius 2 is 1.92 bits per heavy atom. The third-order valence-corrected chi connectivity index (χ3v) is 1.75. The van der Waals surface area contributed by atoms with Gasteiger partial charge in [-0.2, -0.15) is 0 Å². The van der Waals surface area contributed by atoms with Gasteiger partial charge in [-0.25, -0.2) is 9.37 Å². The molecule has 7 heteroatoms. The molecule has 0 aliphatic rings. The lowest BCUT2D eigenvalue weighted by Crippen LogP contribution is -2.18. The van der Waals surface area contributed by atoms with Crippen molar-refractivity contribution >= 4 is 22.6 Å². The van der Waals surface area contributed by atoms with Crippen molar-refractivity contribution in [2.45, 2.75) is 6.36 Å². The Balaban J connectivity index is 2.86. The molecular formula is C6H2F4INO. The second-order valence-corrected chi connectivity index (χ2v) is 2.99. The van der Waals surface area contributed by atoms with Gasteiger partial charge >= 0.3 is 6.36 Å². The van der Waals surface area contributed by atoms with E-state index in [1.807, 2.05) is 0 Å². The van der Waals surface area contributed by atoms with E-state index < -0.39 is 18.1 Å². The van der Waals surface area contributed by atoms with Crippen LogP contribution in [0.5, 0.6) is 5.88 Å². The van der Waals surface area contributed by atoms with Gasteiger partial charge in [-0.3, -0.25) is 0 Å². The van der Waals surface area contributed by atoms with Gasteiger partial charge in [0.1, 0.15) is 3.70 Å². The van der Waals surface area contributed by atoms with Crippen molar-refractivity contribution < 1.29 is 22.3 Å². The normalized spacial score (nSPS) is 11.5. The predicted molar refractivity (Wildman–Crippen MR) is 43.6 cm³/mol. The number of pyridine rings is 1. The average molecular weight is 307 g/mol. The van der Waals surface area contributed by atoms with Gasteiger partial charge in [0.05, 0.1) is 0 Å². The fourth-order valence-electron chi connectivity index (χ4n) is 0.576. The van der Waals surface area contributed by atoms with Crippen molar-refractivity contribution in [3.63, 3.8) is 0 Å². The zero-order chi connectivity index (χ0) is 10.1. The Labute approximate surface area is 84.1 Å². The Morgan fingerprint density at radius 3 is 2.38 bits per heavy atom. The Morgan fingerprint density at radius 1 is 1.31 bits per heavy atom. The van der Waals surface area contributed by atoms with Gasteiger partial charge < -0.3 is 4.74 Å². The molecule has 13 heavy (non-hydrogen) atoms. The van der Waals surface area contributed by atoms with E-state index in [2.05, 4.69) is 9.72 Å². The van der Waals surface area contributed by atoms with Gasteiger partial charge in [-0.1, -0.05) is 0 Å². The second kappa shape index (κ2) is 3.64. The number of nitrogens with zero attached hydrogens (tertiary/aromatic N) is 1. The molecule has 1 rings (SSSR count). The smallest absolute Gasteiger partial charge is 0.388 e. The summed E-state index contributed by atoms with van der Waals surface area (Å²) in [5.74, 6) is -1.35. The van der Waals surface area contributed by atoms with E-state index in [1.165, 1.54) is 22.6 Å². The van der Waals surface area contributed by atoms with Crippen LogP contribution in [0.4, 0.5) is 17.6 Å². The molecule has 0 spiro atoms. The summed E-state index contributed by atoms with van der Waals surface area (Å²) in [6.07, 6.45) is -4.80. The van der Waals surface area contributed by atoms with Crippen molar-refractivity contribution in [1.82, 2.24) is 4.98 Å². The molecule has 2 nitrogen and oxygen atoms in total. The van der Waals surface area contributed by atoms with Gasteiger partial charge in [0, 0.05) is 6.07 Å². The molecule has 0 aliphatic heterocycles. The molecule has 1 heterocycles. The highest BCUT2D eigenvalue weighted by Gasteiger charge is 2.31. The van der Waals surface area contributed by atoms with E-state index >= 15 is 0 Å². The van der Waals surface area contributed by atoms with E-state index in [9.17, 15) is 17.6 Å². The van der Waals surface area contributed by atoms with Crippen molar-refractivity contribution in [1.29, 1.82) is 0 Å². The summed E-state index contributed by atoms with van der Waals surface area (Å²) in [4.78, 5) is 3.23. The fourth-order valence-corrected chi connectivity index (χ4v) is 0.994. The maximum atomic E-state index is 12.5. The maximum absolute atomic E-state index is 12.5. The summed E-state index contributed by atoms with van der Waals surface area (Å²) in [6.45, 7) is 0. The van der Waals surface area contributed by atoms with E-state index in [1.54, 1.807) is 0 Å². The SMILES string of the molecule is Fc1ccc(OC(F)(F)F)nc1I. The second-order valence-electron chi connectivity index (χ2n) is 1.97. The Hall–Kier alpha value is -0.600. The van der Waals surface area contributed by atoms with E-state index in [-0.39, 0.29) is 3.70 Å². The third kappa shape index (κ3) is 3.33. The van der Waals surface area contributed by atoms with E-state index in [0.717, 1.165) is 12.1 Å². The van der Waals surface area contributed by atoms with Crippen LogP contribution in [0.25, 0.3) is 0 Å². The van der Waals surface area contributed by atoms with E-state index in [4.69, 9.17) is 0 Å². The van der Waals surface area contributed by atoms with Crippen LogP contribution in [0.1, 0.15) is 0 Å². The molecule has 0 aliphatic carbocycles. The number of halogens is 5. The quantitative estimate of drug-likeness (QED) is 0.452. The lowest BCUT2D eigenvalue weighted by atomic mass is 10.5. The number of alkyl halides is 3. The summed E-state index contributed by atoms with van der Waals surface area (Å²) >= 11 is 1.47.